The molecular formula is C16H28O. The monoisotopic (exact) mass is 236 g/mol. The highest BCUT2D eigenvalue weighted by Crippen LogP contribution is 2.70. The van der Waals surface area contributed by atoms with E-state index in [9.17, 15) is 5.11 Å². The normalized spacial score (nSPS) is 52.9. The van der Waals surface area contributed by atoms with Crippen molar-refractivity contribution in [1.82, 2.24) is 0 Å². The van der Waals surface area contributed by atoms with Gasteiger partial charge in [-0.1, -0.05) is 27.2 Å². The summed E-state index contributed by atoms with van der Waals surface area (Å²) in [5, 5.41) is 9.92. The van der Waals surface area contributed by atoms with Crippen LogP contribution in [0.5, 0.6) is 0 Å². The number of hydrogen-bond acceptors (Lipinski definition) is 1. The van der Waals surface area contributed by atoms with Crippen LogP contribution in [0, 0.1) is 28.6 Å². The Kier molecular flexibility index (Phi) is 2.63. The van der Waals surface area contributed by atoms with E-state index in [1.165, 1.54) is 32.1 Å². The van der Waals surface area contributed by atoms with Crippen molar-refractivity contribution in [3.05, 3.63) is 0 Å². The Morgan fingerprint density at radius 1 is 1.00 bits per heavy atom. The van der Waals surface area contributed by atoms with Gasteiger partial charge in [-0.15, -0.1) is 0 Å². The van der Waals surface area contributed by atoms with Gasteiger partial charge in [-0.3, -0.25) is 0 Å². The van der Waals surface area contributed by atoms with E-state index in [1.807, 2.05) is 0 Å². The maximum absolute atomic E-state index is 9.92. The Morgan fingerprint density at radius 2 is 1.76 bits per heavy atom. The standard InChI is InChI=1S/C16H28O/c1-15(2)12-7-8-16(15,3)14(10-12)11-5-4-6-13(17)9-11/h11-14,17H,4-10H2,1-3H3/t11-,12+,13+,14-,16-/m0/s1. The van der Waals surface area contributed by atoms with Crippen LogP contribution in [0.25, 0.3) is 0 Å². The van der Waals surface area contributed by atoms with Crippen molar-refractivity contribution < 1.29 is 5.11 Å². The van der Waals surface area contributed by atoms with Crippen molar-refractivity contribution >= 4 is 0 Å². The summed E-state index contributed by atoms with van der Waals surface area (Å²) >= 11 is 0. The average Bonchev–Trinajstić information content (AvgIpc) is 2.61. The van der Waals surface area contributed by atoms with Gasteiger partial charge in [0, 0.05) is 0 Å². The summed E-state index contributed by atoms with van der Waals surface area (Å²) in [5.41, 5.74) is 1.10. The Morgan fingerprint density at radius 3 is 2.29 bits per heavy atom. The number of rotatable bonds is 1. The Bertz CT molecular complexity index is 309. The molecule has 3 aliphatic rings. The smallest absolute Gasteiger partial charge is 0.0543 e. The lowest BCUT2D eigenvalue weighted by atomic mass is 9.61. The maximum atomic E-state index is 9.92. The lowest BCUT2D eigenvalue weighted by molar-refractivity contribution is 0.0168. The van der Waals surface area contributed by atoms with E-state index in [0.29, 0.717) is 10.8 Å². The van der Waals surface area contributed by atoms with Crippen LogP contribution in [0.4, 0.5) is 0 Å². The molecule has 3 fully saturated rings. The van der Waals surface area contributed by atoms with Crippen LogP contribution >= 0.6 is 0 Å². The first kappa shape index (κ1) is 12.0. The highest BCUT2D eigenvalue weighted by Gasteiger charge is 2.62. The highest BCUT2D eigenvalue weighted by molar-refractivity contribution is 5.11. The summed E-state index contributed by atoms with van der Waals surface area (Å²) in [5.74, 6) is 2.66. The molecule has 98 valence electrons. The molecular weight excluding hydrogens is 208 g/mol. The number of fused-ring (bicyclic) bond motifs is 2. The summed E-state index contributed by atoms with van der Waals surface area (Å²) in [7, 11) is 0. The van der Waals surface area contributed by atoms with Gasteiger partial charge in [-0.05, 0) is 67.1 Å². The van der Waals surface area contributed by atoms with E-state index in [1.54, 1.807) is 0 Å². The van der Waals surface area contributed by atoms with E-state index < -0.39 is 0 Å². The van der Waals surface area contributed by atoms with E-state index in [4.69, 9.17) is 0 Å². The minimum absolute atomic E-state index is 0.000381. The first-order valence-corrected chi connectivity index (χ1v) is 7.63. The zero-order valence-corrected chi connectivity index (χ0v) is 11.7. The number of aliphatic hydroxyl groups excluding tert-OH is 1. The molecule has 0 aliphatic heterocycles. The summed E-state index contributed by atoms with van der Waals surface area (Å²) in [6.45, 7) is 7.56. The molecule has 1 nitrogen and oxygen atoms in total. The minimum atomic E-state index is -0.000381. The van der Waals surface area contributed by atoms with Gasteiger partial charge >= 0.3 is 0 Å². The number of aliphatic hydroxyl groups is 1. The summed E-state index contributed by atoms with van der Waals surface area (Å²) < 4.78 is 0. The molecule has 0 amide bonds. The predicted molar refractivity (Wildman–Crippen MR) is 70.7 cm³/mol. The van der Waals surface area contributed by atoms with Crippen molar-refractivity contribution in [3.8, 4) is 0 Å². The van der Waals surface area contributed by atoms with Crippen molar-refractivity contribution in [3.63, 3.8) is 0 Å². The van der Waals surface area contributed by atoms with Gasteiger partial charge < -0.3 is 5.11 Å². The number of hydrogen-bond donors (Lipinski definition) is 1. The fourth-order valence-corrected chi connectivity index (χ4v) is 5.54. The summed E-state index contributed by atoms with van der Waals surface area (Å²) in [6.07, 6.45) is 9.09. The molecule has 1 N–H and O–H groups in total. The molecule has 1 heteroatoms. The van der Waals surface area contributed by atoms with Crippen molar-refractivity contribution in [2.75, 3.05) is 0 Å². The Labute approximate surface area is 106 Å². The lowest BCUT2D eigenvalue weighted by Crippen LogP contribution is -2.38. The van der Waals surface area contributed by atoms with Crippen LogP contribution in [0.15, 0.2) is 0 Å². The summed E-state index contributed by atoms with van der Waals surface area (Å²) in [4.78, 5) is 0. The average molecular weight is 236 g/mol. The quantitative estimate of drug-likeness (QED) is 0.729. The minimum Gasteiger partial charge on any atom is -0.393 e. The second kappa shape index (κ2) is 3.73. The SMILES string of the molecule is CC1(C)[C@@H]2CC[C@@]1(C)[C@H]([C@H]1CCC[C@@H](O)C1)C2. The molecule has 0 radical (unpaired) electrons. The predicted octanol–water partition coefficient (Wildman–Crippen LogP) is 4.00. The molecule has 3 rings (SSSR count). The molecule has 5 atom stereocenters. The molecule has 0 aromatic heterocycles. The van der Waals surface area contributed by atoms with Crippen LogP contribution in [0.3, 0.4) is 0 Å². The molecule has 0 aromatic carbocycles. The second-order valence-electron chi connectivity index (χ2n) is 7.80. The topological polar surface area (TPSA) is 20.2 Å². The largest absolute Gasteiger partial charge is 0.393 e. The van der Waals surface area contributed by atoms with Gasteiger partial charge in [0.25, 0.3) is 0 Å². The molecule has 0 unspecified atom stereocenters. The highest BCUT2D eigenvalue weighted by atomic mass is 16.3. The zero-order chi connectivity index (χ0) is 12.3. The molecule has 3 saturated carbocycles. The maximum Gasteiger partial charge on any atom is 0.0543 e. The molecule has 0 aromatic rings. The third kappa shape index (κ3) is 1.54. The lowest BCUT2D eigenvalue weighted by Gasteiger charge is -2.44. The van der Waals surface area contributed by atoms with E-state index in [2.05, 4.69) is 20.8 Å². The molecule has 0 spiro atoms. The Balaban J connectivity index is 1.82. The Hall–Kier alpha value is -0.0400. The molecule has 0 heterocycles. The molecule has 3 aliphatic carbocycles. The van der Waals surface area contributed by atoms with Gasteiger partial charge in [-0.2, -0.15) is 0 Å². The van der Waals surface area contributed by atoms with Crippen LogP contribution in [-0.2, 0) is 0 Å². The molecule has 17 heavy (non-hydrogen) atoms. The van der Waals surface area contributed by atoms with Crippen LogP contribution < -0.4 is 0 Å². The first-order valence-electron chi connectivity index (χ1n) is 7.63. The van der Waals surface area contributed by atoms with Crippen molar-refractivity contribution in [2.24, 2.45) is 28.6 Å². The van der Waals surface area contributed by atoms with Crippen LogP contribution in [-0.4, -0.2) is 11.2 Å². The zero-order valence-electron chi connectivity index (χ0n) is 11.7. The van der Waals surface area contributed by atoms with Crippen LogP contribution in [0.1, 0.15) is 65.7 Å². The van der Waals surface area contributed by atoms with Crippen molar-refractivity contribution in [1.29, 1.82) is 0 Å². The van der Waals surface area contributed by atoms with E-state index in [-0.39, 0.29) is 6.10 Å². The van der Waals surface area contributed by atoms with E-state index in [0.717, 1.165) is 30.6 Å². The van der Waals surface area contributed by atoms with Gasteiger partial charge in [0.15, 0.2) is 0 Å². The first-order chi connectivity index (χ1) is 7.95. The van der Waals surface area contributed by atoms with Gasteiger partial charge in [0.1, 0.15) is 0 Å². The second-order valence-corrected chi connectivity index (χ2v) is 7.80. The van der Waals surface area contributed by atoms with Gasteiger partial charge in [0.2, 0.25) is 0 Å². The van der Waals surface area contributed by atoms with Crippen LogP contribution in [0.2, 0.25) is 0 Å². The fourth-order valence-electron chi connectivity index (χ4n) is 5.54. The molecule has 0 saturated heterocycles. The van der Waals surface area contributed by atoms with E-state index >= 15 is 0 Å². The van der Waals surface area contributed by atoms with Gasteiger partial charge in [0.05, 0.1) is 6.10 Å². The summed E-state index contributed by atoms with van der Waals surface area (Å²) in [6, 6.07) is 0. The fraction of sp³-hybridized carbons (Fsp3) is 1.00. The van der Waals surface area contributed by atoms with Gasteiger partial charge in [-0.25, -0.2) is 0 Å². The molecule has 2 bridgehead atoms. The van der Waals surface area contributed by atoms with Crippen molar-refractivity contribution in [2.45, 2.75) is 71.8 Å². The third-order valence-corrected chi connectivity index (χ3v) is 7.12. The third-order valence-electron chi connectivity index (χ3n) is 7.12.